The first-order valence-electron chi connectivity index (χ1n) is 20.3. The Morgan fingerprint density at radius 3 is 1.65 bits per heavy atom. The van der Waals surface area contributed by atoms with E-state index in [0.29, 0.717) is 0 Å². The third-order valence-electron chi connectivity index (χ3n) is 10.0. The van der Waals surface area contributed by atoms with Crippen LogP contribution < -0.4 is 0 Å². The molecule has 0 fully saturated rings. The molecule has 0 spiro atoms. The molecule has 0 amide bonds. The molecule has 2 aromatic heterocycles. The van der Waals surface area contributed by atoms with Crippen molar-refractivity contribution >= 4 is 27.9 Å². The zero-order chi connectivity index (χ0) is 41.5. The molecule has 0 N–H and O–H groups in total. The molecule has 6 aromatic rings. The lowest BCUT2D eigenvalue weighted by atomic mass is 9.81. The molecular weight excluding hydrogens is 689 g/mol. The Morgan fingerprint density at radius 2 is 1.05 bits per heavy atom. The summed E-state index contributed by atoms with van der Waals surface area (Å²) in [5.74, 6) is 0. The topological polar surface area (TPSA) is 25.8 Å². The summed E-state index contributed by atoms with van der Waals surface area (Å²) in [6, 6.07) is 45.1. The number of hydrogen-bond acceptors (Lipinski definition) is 2. The van der Waals surface area contributed by atoms with Gasteiger partial charge in [-0.1, -0.05) is 137 Å². The third-order valence-corrected chi connectivity index (χ3v) is 10.0. The first kappa shape index (κ1) is 43.6. The van der Waals surface area contributed by atoms with Crippen molar-refractivity contribution in [2.45, 2.75) is 76.2 Å². The van der Waals surface area contributed by atoms with Gasteiger partial charge in [0.15, 0.2) is 0 Å². The largest absolute Gasteiger partial charge is 0.257 e. The fourth-order valence-electron chi connectivity index (χ4n) is 7.08. The van der Waals surface area contributed by atoms with E-state index in [1.807, 2.05) is 52.2 Å². The van der Waals surface area contributed by atoms with Gasteiger partial charge in [0.2, 0.25) is 0 Å². The van der Waals surface area contributed by atoms with Crippen LogP contribution in [0.5, 0.6) is 0 Å². The van der Waals surface area contributed by atoms with Crippen LogP contribution in [0.4, 0.5) is 0 Å². The average molecular weight is 749 g/mol. The summed E-state index contributed by atoms with van der Waals surface area (Å²) in [5, 5.41) is 0. The highest BCUT2D eigenvalue weighted by Crippen LogP contribution is 2.42. The molecule has 0 unspecified atom stereocenters. The van der Waals surface area contributed by atoms with Gasteiger partial charge in [-0.25, -0.2) is 0 Å². The number of hydrogen-bond donors (Lipinski definition) is 0. The fourth-order valence-corrected chi connectivity index (χ4v) is 7.08. The Kier molecular flexibility index (Phi) is 16.3. The Morgan fingerprint density at radius 1 is 0.526 bits per heavy atom. The van der Waals surface area contributed by atoms with Gasteiger partial charge in [-0.05, 0) is 174 Å². The van der Waals surface area contributed by atoms with Gasteiger partial charge in [-0.15, -0.1) is 0 Å². The first-order chi connectivity index (χ1) is 27.6. The Bertz CT molecular complexity index is 2400. The molecule has 4 aromatic carbocycles. The minimum atomic E-state index is 0.864. The standard InChI is InChI=1S/C51H48N2.2C2H6/c1-34-26-28-52-49(30-34)37(4)32-47(42-19-11-9-12-20-42)40(7)51(46-25-17-24-45(39(46)6)44-23-16-15-18-36(44)3)41(8)48(43-21-13-10-14-22-43)33-38(5)50-31-35(2)27-29-53-50;2*1-2/h9-33H,4H2,1-3,5-8H3;2*1-2H3/b38-33+,47-32+,48-41-,51-40-;;. The van der Waals surface area contributed by atoms with Crippen LogP contribution in [0.1, 0.15) is 98.8 Å². The second-order valence-electron chi connectivity index (χ2n) is 13.9. The summed E-state index contributed by atoms with van der Waals surface area (Å²) in [6.45, 7) is 27.9. The molecule has 0 radical (unpaired) electrons. The molecule has 0 aliphatic rings. The van der Waals surface area contributed by atoms with Crippen molar-refractivity contribution in [1.82, 2.24) is 9.97 Å². The van der Waals surface area contributed by atoms with Crippen LogP contribution in [0.25, 0.3) is 39.0 Å². The third kappa shape index (κ3) is 10.8. The summed E-state index contributed by atoms with van der Waals surface area (Å²) in [4.78, 5) is 9.46. The Labute approximate surface area is 343 Å². The smallest absolute Gasteiger partial charge is 0.0698 e. The van der Waals surface area contributed by atoms with Crippen molar-refractivity contribution in [2.75, 3.05) is 0 Å². The minimum absolute atomic E-state index is 0.864. The summed E-state index contributed by atoms with van der Waals surface area (Å²) in [7, 11) is 0. The van der Waals surface area contributed by atoms with Gasteiger partial charge >= 0.3 is 0 Å². The molecule has 2 heterocycles. The van der Waals surface area contributed by atoms with Crippen LogP contribution >= 0.6 is 0 Å². The average Bonchev–Trinajstić information content (AvgIpc) is 3.24. The second-order valence-corrected chi connectivity index (χ2v) is 13.9. The lowest BCUT2D eigenvalue weighted by Crippen LogP contribution is -2.02. The molecule has 57 heavy (non-hydrogen) atoms. The van der Waals surface area contributed by atoms with Gasteiger partial charge in [0, 0.05) is 12.4 Å². The normalized spacial score (nSPS) is 12.3. The molecule has 0 saturated carbocycles. The number of aryl methyl sites for hydroxylation is 3. The molecule has 2 nitrogen and oxygen atoms in total. The van der Waals surface area contributed by atoms with Crippen molar-refractivity contribution < 1.29 is 0 Å². The summed E-state index contributed by atoms with van der Waals surface area (Å²) >= 11 is 0. The molecular formula is C55H60N2. The van der Waals surface area contributed by atoms with Gasteiger partial charge in [0.25, 0.3) is 0 Å². The van der Waals surface area contributed by atoms with E-state index in [4.69, 9.17) is 9.97 Å². The zero-order valence-electron chi connectivity index (χ0n) is 36.0. The maximum absolute atomic E-state index is 4.76. The maximum atomic E-state index is 4.76. The van der Waals surface area contributed by atoms with Gasteiger partial charge in [0.05, 0.1) is 11.4 Å². The highest BCUT2D eigenvalue weighted by molar-refractivity contribution is 6.03. The van der Waals surface area contributed by atoms with E-state index in [-0.39, 0.29) is 0 Å². The quantitative estimate of drug-likeness (QED) is 0.130. The zero-order valence-corrected chi connectivity index (χ0v) is 36.0. The monoisotopic (exact) mass is 748 g/mol. The summed E-state index contributed by atoms with van der Waals surface area (Å²) in [6.07, 6.45) is 8.27. The Hall–Kier alpha value is -6.12. The molecule has 290 valence electrons. The number of nitrogens with zero attached hydrogens (tertiary/aromatic N) is 2. The van der Waals surface area contributed by atoms with Gasteiger partial charge in [-0.2, -0.15) is 0 Å². The van der Waals surface area contributed by atoms with E-state index < -0.39 is 0 Å². The van der Waals surface area contributed by atoms with Gasteiger partial charge in [-0.3, -0.25) is 9.97 Å². The first-order valence-corrected chi connectivity index (χ1v) is 20.3. The van der Waals surface area contributed by atoms with Crippen molar-refractivity contribution in [3.05, 3.63) is 220 Å². The molecule has 0 bridgehead atoms. The van der Waals surface area contributed by atoms with Gasteiger partial charge in [0.1, 0.15) is 0 Å². The number of pyridine rings is 2. The van der Waals surface area contributed by atoms with Crippen molar-refractivity contribution in [2.24, 2.45) is 0 Å². The number of aromatic nitrogens is 2. The SMILES string of the molecule is C=C(\C=C(/C(C)=C(/C(C)=C(/C=C(\C)c1cc(C)ccn1)c1ccccc1)c1cccc(-c2ccccc2C)c1C)c1ccccc1)c1cc(C)ccn1.CC.CC. The minimum Gasteiger partial charge on any atom is -0.257 e. The number of rotatable bonds is 10. The van der Waals surface area contributed by atoms with Crippen LogP contribution in [0, 0.1) is 27.7 Å². The molecule has 0 saturated heterocycles. The predicted molar refractivity (Wildman–Crippen MR) is 251 cm³/mol. The van der Waals surface area contributed by atoms with E-state index in [9.17, 15) is 0 Å². The van der Waals surface area contributed by atoms with Crippen molar-refractivity contribution in [3.8, 4) is 11.1 Å². The van der Waals surface area contributed by atoms with Crippen molar-refractivity contribution in [3.63, 3.8) is 0 Å². The fraction of sp³-hybridized carbons (Fsp3) is 0.200. The van der Waals surface area contributed by atoms with Crippen LogP contribution in [0.2, 0.25) is 0 Å². The van der Waals surface area contributed by atoms with Gasteiger partial charge < -0.3 is 0 Å². The summed E-state index contributed by atoms with van der Waals surface area (Å²) in [5.41, 5.74) is 20.3. The summed E-state index contributed by atoms with van der Waals surface area (Å²) < 4.78 is 0. The molecule has 0 aliphatic carbocycles. The van der Waals surface area contributed by atoms with E-state index in [1.54, 1.807) is 0 Å². The lowest BCUT2D eigenvalue weighted by Gasteiger charge is -2.23. The predicted octanol–water partition coefficient (Wildman–Crippen LogP) is 15.6. The van der Waals surface area contributed by atoms with E-state index in [2.05, 4.69) is 182 Å². The molecule has 0 atom stereocenters. The van der Waals surface area contributed by atoms with E-state index in [0.717, 1.165) is 55.9 Å². The van der Waals surface area contributed by atoms with Crippen molar-refractivity contribution in [1.29, 1.82) is 0 Å². The molecule has 0 aliphatic heterocycles. The lowest BCUT2D eigenvalue weighted by molar-refractivity contribution is 1.23. The maximum Gasteiger partial charge on any atom is 0.0698 e. The second kappa shape index (κ2) is 21.3. The molecule has 6 rings (SSSR count). The van der Waals surface area contributed by atoms with Crippen LogP contribution in [0.3, 0.4) is 0 Å². The van der Waals surface area contributed by atoms with Crippen LogP contribution in [0.15, 0.2) is 170 Å². The van der Waals surface area contributed by atoms with E-state index >= 15 is 0 Å². The van der Waals surface area contributed by atoms with Crippen LogP contribution in [-0.2, 0) is 0 Å². The number of allylic oxidation sites excluding steroid dienone is 9. The highest BCUT2D eigenvalue weighted by Gasteiger charge is 2.21. The number of benzene rings is 4. The highest BCUT2D eigenvalue weighted by atomic mass is 14.7. The van der Waals surface area contributed by atoms with E-state index in [1.165, 1.54) is 44.5 Å². The molecule has 2 heteroatoms. The Balaban J connectivity index is 0.00000174. The van der Waals surface area contributed by atoms with Crippen LogP contribution in [-0.4, -0.2) is 9.97 Å².